The van der Waals surface area contributed by atoms with Crippen LogP contribution < -0.4 is 5.32 Å². The van der Waals surface area contributed by atoms with Crippen molar-refractivity contribution in [1.82, 2.24) is 0 Å². The Balaban J connectivity index is 2.81. The van der Waals surface area contributed by atoms with E-state index in [4.69, 9.17) is 4.74 Å². The quantitative estimate of drug-likeness (QED) is 0.888. The molecule has 2 nitrogen and oxygen atoms in total. The zero-order valence-corrected chi connectivity index (χ0v) is 12.0. The molecule has 1 unspecified atom stereocenters. The van der Waals surface area contributed by atoms with Gasteiger partial charge in [-0.1, -0.05) is 26.0 Å². The number of halogens is 1. The molecule has 0 aliphatic rings. The second-order valence-electron chi connectivity index (χ2n) is 4.39. The summed E-state index contributed by atoms with van der Waals surface area (Å²) in [5.41, 5.74) is 2.38. The molecule has 0 spiro atoms. The summed E-state index contributed by atoms with van der Waals surface area (Å²) in [6.07, 6.45) is 0. The monoisotopic (exact) mass is 285 g/mol. The van der Waals surface area contributed by atoms with Crippen LogP contribution >= 0.6 is 15.9 Å². The zero-order valence-electron chi connectivity index (χ0n) is 10.4. The minimum atomic E-state index is 0.336. The summed E-state index contributed by atoms with van der Waals surface area (Å²) < 4.78 is 6.37. The summed E-state index contributed by atoms with van der Waals surface area (Å²) in [4.78, 5) is 0. The first-order chi connectivity index (χ1) is 7.56. The number of benzene rings is 1. The Hall–Kier alpha value is -0.540. The van der Waals surface area contributed by atoms with Gasteiger partial charge in [0.05, 0.1) is 12.6 Å². The van der Waals surface area contributed by atoms with Crippen molar-refractivity contribution in [2.75, 3.05) is 19.0 Å². The molecule has 1 N–H and O–H groups in total. The number of nitrogens with one attached hydrogen (secondary N) is 1. The van der Waals surface area contributed by atoms with Gasteiger partial charge in [-0.3, -0.25) is 0 Å². The smallest absolute Gasteiger partial charge is 0.0666 e. The molecule has 0 aliphatic carbocycles. The Morgan fingerprint density at radius 3 is 2.62 bits per heavy atom. The van der Waals surface area contributed by atoms with E-state index in [1.165, 1.54) is 5.56 Å². The molecule has 16 heavy (non-hydrogen) atoms. The Morgan fingerprint density at radius 1 is 1.38 bits per heavy atom. The van der Waals surface area contributed by atoms with E-state index in [-0.39, 0.29) is 0 Å². The van der Waals surface area contributed by atoms with Crippen molar-refractivity contribution >= 4 is 21.6 Å². The van der Waals surface area contributed by atoms with Crippen molar-refractivity contribution in [3.8, 4) is 0 Å². The molecule has 0 bridgehead atoms. The summed E-state index contributed by atoms with van der Waals surface area (Å²) >= 11 is 3.61. The third-order valence-corrected chi connectivity index (χ3v) is 3.74. The minimum Gasteiger partial charge on any atom is -0.383 e. The number of methoxy groups -OCH3 is 1. The second kappa shape index (κ2) is 6.26. The summed E-state index contributed by atoms with van der Waals surface area (Å²) in [5.74, 6) is 0.535. The number of rotatable bonds is 5. The van der Waals surface area contributed by atoms with Crippen LogP contribution in [0.3, 0.4) is 0 Å². The summed E-state index contributed by atoms with van der Waals surface area (Å²) in [6, 6.07) is 6.58. The normalized spacial score (nSPS) is 12.9. The lowest BCUT2D eigenvalue weighted by Crippen LogP contribution is -2.30. The van der Waals surface area contributed by atoms with Crippen LogP contribution in [0.25, 0.3) is 0 Å². The topological polar surface area (TPSA) is 21.3 Å². The molecule has 0 aliphatic heterocycles. The highest BCUT2D eigenvalue weighted by Gasteiger charge is 2.14. The van der Waals surface area contributed by atoms with Crippen LogP contribution in [0.15, 0.2) is 22.7 Å². The van der Waals surface area contributed by atoms with Gasteiger partial charge in [-0.05, 0) is 40.4 Å². The van der Waals surface area contributed by atoms with Crippen LogP contribution in [0.2, 0.25) is 0 Å². The summed E-state index contributed by atoms with van der Waals surface area (Å²) in [5, 5.41) is 3.52. The van der Waals surface area contributed by atoms with E-state index in [0.717, 1.165) is 16.8 Å². The Bertz CT molecular complexity index is 339. The van der Waals surface area contributed by atoms with Gasteiger partial charge >= 0.3 is 0 Å². The molecule has 0 amide bonds. The van der Waals surface area contributed by atoms with Gasteiger partial charge in [0.25, 0.3) is 0 Å². The highest BCUT2D eigenvalue weighted by atomic mass is 79.9. The molecule has 1 aromatic rings. The maximum Gasteiger partial charge on any atom is 0.0666 e. The minimum absolute atomic E-state index is 0.336. The first-order valence-electron chi connectivity index (χ1n) is 5.56. The Labute approximate surface area is 107 Å². The Kier molecular flexibility index (Phi) is 5.29. The molecular weight excluding hydrogens is 266 g/mol. The van der Waals surface area contributed by atoms with Crippen LogP contribution in [0, 0.1) is 12.8 Å². The van der Waals surface area contributed by atoms with Crippen molar-refractivity contribution in [2.45, 2.75) is 26.8 Å². The van der Waals surface area contributed by atoms with Gasteiger partial charge < -0.3 is 10.1 Å². The van der Waals surface area contributed by atoms with Gasteiger partial charge in [-0.25, -0.2) is 0 Å². The molecule has 0 saturated carbocycles. The fraction of sp³-hybridized carbons (Fsp3) is 0.538. The van der Waals surface area contributed by atoms with E-state index in [2.05, 4.69) is 60.2 Å². The standard InChI is InChI=1S/C13H20BrNO/c1-9(2)12(8-16-4)15-11-7-5-6-10(3)13(11)14/h5-7,9,12,15H,8H2,1-4H3. The lowest BCUT2D eigenvalue weighted by atomic mass is 10.0. The van der Waals surface area contributed by atoms with Crippen LogP contribution in [0.4, 0.5) is 5.69 Å². The third kappa shape index (κ3) is 3.49. The van der Waals surface area contributed by atoms with Crippen molar-refractivity contribution in [1.29, 1.82) is 0 Å². The average Bonchev–Trinajstić information content (AvgIpc) is 2.23. The molecule has 1 atom stereocenters. The van der Waals surface area contributed by atoms with E-state index in [0.29, 0.717) is 12.0 Å². The number of ether oxygens (including phenoxy) is 1. The molecule has 1 rings (SSSR count). The van der Waals surface area contributed by atoms with E-state index < -0.39 is 0 Å². The van der Waals surface area contributed by atoms with E-state index in [1.54, 1.807) is 7.11 Å². The largest absolute Gasteiger partial charge is 0.383 e. The number of anilines is 1. The molecule has 0 saturated heterocycles. The SMILES string of the molecule is COCC(Nc1cccc(C)c1Br)C(C)C. The lowest BCUT2D eigenvalue weighted by molar-refractivity contribution is 0.171. The third-order valence-electron chi connectivity index (χ3n) is 2.68. The molecule has 0 fully saturated rings. The molecular formula is C13H20BrNO. The molecule has 0 aromatic heterocycles. The molecule has 1 aromatic carbocycles. The highest BCUT2D eigenvalue weighted by molar-refractivity contribution is 9.10. The zero-order chi connectivity index (χ0) is 12.1. The van der Waals surface area contributed by atoms with Crippen LogP contribution in [-0.4, -0.2) is 19.8 Å². The number of hydrogen-bond acceptors (Lipinski definition) is 2. The summed E-state index contributed by atoms with van der Waals surface area (Å²) in [6.45, 7) is 7.20. The molecule has 0 heterocycles. The predicted molar refractivity (Wildman–Crippen MR) is 73.0 cm³/mol. The van der Waals surface area contributed by atoms with Crippen molar-refractivity contribution in [2.24, 2.45) is 5.92 Å². The van der Waals surface area contributed by atoms with Crippen molar-refractivity contribution < 1.29 is 4.74 Å². The predicted octanol–water partition coefficient (Wildman–Crippen LogP) is 3.84. The second-order valence-corrected chi connectivity index (χ2v) is 5.18. The van der Waals surface area contributed by atoms with Gasteiger partial charge in [0.1, 0.15) is 0 Å². The Morgan fingerprint density at radius 2 is 2.06 bits per heavy atom. The van der Waals surface area contributed by atoms with Crippen LogP contribution in [0.5, 0.6) is 0 Å². The van der Waals surface area contributed by atoms with Crippen LogP contribution in [0.1, 0.15) is 19.4 Å². The highest BCUT2D eigenvalue weighted by Crippen LogP contribution is 2.27. The fourth-order valence-electron chi connectivity index (χ4n) is 1.54. The molecule has 0 radical (unpaired) electrons. The van der Waals surface area contributed by atoms with Gasteiger partial charge in [0, 0.05) is 17.3 Å². The van der Waals surface area contributed by atoms with E-state index in [1.807, 2.05) is 0 Å². The molecule has 90 valence electrons. The maximum absolute atomic E-state index is 5.23. The average molecular weight is 286 g/mol. The number of hydrogen-bond donors (Lipinski definition) is 1. The van der Waals surface area contributed by atoms with E-state index >= 15 is 0 Å². The fourth-order valence-corrected chi connectivity index (χ4v) is 1.92. The summed E-state index contributed by atoms with van der Waals surface area (Å²) in [7, 11) is 1.74. The number of aryl methyl sites for hydroxylation is 1. The van der Waals surface area contributed by atoms with Crippen molar-refractivity contribution in [3.05, 3.63) is 28.2 Å². The van der Waals surface area contributed by atoms with Crippen LogP contribution in [-0.2, 0) is 4.74 Å². The van der Waals surface area contributed by atoms with E-state index in [9.17, 15) is 0 Å². The molecule has 3 heteroatoms. The maximum atomic E-state index is 5.23. The van der Waals surface area contributed by atoms with Gasteiger partial charge in [-0.15, -0.1) is 0 Å². The first-order valence-corrected chi connectivity index (χ1v) is 6.36. The van der Waals surface area contributed by atoms with Crippen molar-refractivity contribution in [3.63, 3.8) is 0 Å². The van der Waals surface area contributed by atoms with Gasteiger partial charge in [0.15, 0.2) is 0 Å². The van der Waals surface area contributed by atoms with Gasteiger partial charge in [0.2, 0.25) is 0 Å². The first kappa shape index (κ1) is 13.5. The lowest BCUT2D eigenvalue weighted by Gasteiger charge is -2.23. The van der Waals surface area contributed by atoms with Gasteiger partial charge in [-0.2, -0.15) is 0 Å².